The van der Waals surface area contributed by atoms with Crippen molar-refractivity contribution in [2.24, 2.45) is 0 Å². The Hall–Kier alpha value is -1.90. The maximum Gasteiger partial charge on any atom is 0.226 e. The molecule has 1 aromatic rings. The number of nitriles is 1. The van der Waals surface area contributed by atoms with Gasteiger partial charge in [-0.3, -0.25) is 4.79 Å². The van der Waals surface area contributed by atoms with Crippen molar-refractivity contribution in [2.45, 2.75) is 19.4 Å². The minimum Gasteiger partial charge on any atom is -0.378 e. The lowest BCUT2D eigenvalue weighted by Gasteiger charge is -2.23. The van der Waals surface area contributed by atoms with Crippen LogP contribution in [0.5, 0.6) is 0 Å². The monoisotopic (exact) mass is 259 g/mol. The number of ether oxygens (including phenoxy) is 1. The van der Waals surface area contributed by atoms with Crippen LogP contribution in [0.3, 0.4) is 0 Å². The van der Waals surface area contributed by atoms with Gasteiger partial charge in [0.1, 0.15) is 6.07 Å². The van der Waals surface area contributed by atoms with Crippen molar-refractivity contribution in [1.82, 2.24) is 5.32 Å². The number of amides is 1. The Morgan fingerprint density at radius 2 is 2.47 bits per heavy atom. The SMILES string of the molecule is Cc1cccc(NC(=O)CC2COCCN2)c1C#N. The van der Waals surface area contributed by atoms with Crippen LogP contribution < -0.4 is 10.6 Å². The molecular formula is C14H17N3O2. The van der Waals surface area contributed by atoms with E-state index in [2.05, 4.69) is 16.7 Å². The predicted molar refractivity (Wildman–Crippen MR) is 71.8 cm³/mol. The van der Waals surface area contributed by atoms with Gasteiger partial charge in [-0.1, -0.05) is 12.1 Å². The predicted octanol–water partition coefficient (Wildman–Crippen LogP) is 1.18. The fraction of sp³-hybridized carbons (Fsp3) is 0.429. The molecule has 19 heavy (non-hydrogen) atoms. The molecule has 1 aromatic carbocycles. The van der Waals surface area contributed by atoms with Crippen molar-refractivity contribution >= 4 is 11.6 Å². The first-order valence-electron chi connectivity index (χ1n) is 6.31. The Bertz CT molecular complexity index is 502. The quantitative estimate of drug-likeness (QED) is 0.855. The number of nitrogens with one attached hydrogen (secondary N) is 2. The first-order valence-corrected chi connectivity index (χ1v) is 6.31. The largest absolute Gasteiger partial charge is 0.378 e. The topological polar surface area (TPSA) is 74.2 Å². The minimum atomic E-state index is -0.106. The molecule has 0 radical (unpaired) electrons. The molecule has 0 spiro atoms. The zero-order valence-corrected chi connectivity index (χ0v) is 10.9. The second kappa shape index (κ2) is 6.32. The standard InChI is InChI=1S/C14H17N3O2/c1-10-3-2-4-13(12(10)8-15)17-14(18)7-11-9-19-6-5-16-11/h2-4,11,16H,5-7,9H2,1H3,(H,17,18). The molecule has 1 fully saturated rings. The maximum absolute atomic E-state index is 11.9. The third kappa shape index (κ3) is 3.53. The first-order chi connectivity index (χ1) is 9.20. The highest BCUT2D eigenvalue weighted by atomic mass is 16.5. The molecular weight excluding hydrogens is 242 g/mol. The van der Waals surface area contributed by atoms with Crippen LogP contribution in [-0.4, -0.2) is 31.7 Å². The Kier molecular flexibility index (Phi) is 4.50. The summed E-state index contributed by atoms with van der Waals surface area (Å²) in [5, 5.41) is 15.1. The van der Waals surface area contributed by atoms with E-state index in [4.69, 9.17) is 10.00 Å². The zero-order valence-electron chi connectivity index (χ0n) is 10.9. The summed E-state index contributed by atoms with van der Waals surface area (Å²) in [7, 11) is 0. The van der Waals surface area contributed by atoms with Gasteiger partial charge < -0.3 is 15.4 Å². The lowest BCUT2D eigenvalue weighted by Crippen LogP contribution is -2.43. The Morgan fingerprint density at radius 1 is 1.63 bits per heavy atom. The van der Waals surface area contributed by atoms with E-state index in [0.29, 0.717) is 30.9 Å². The van der Waals surface area contributed by atoms with E-state index in [1.165, 1.54) is 0 Å². The summed E-state index contributed by atoms with van der Waals surface area (Å²) in [4.78, 5) is 11.9. The Balaban J connectivity index is 1.99. The summed E-state index contributed by atoms with van der Waals surface area (Å²) in [6, 6.07) is 7.59. The van der Waals surface area contributed by atoms with Crippen LogP contribution in [-0.2, 0) is 9.53 Å². The lowest BCUT2D eigenvalue weighted by molar-refractivity contribution is -0.117. The van der Waals surface area contributed by atoms with Crippen LogP contribution >= 0.6 is 0 Å². The average Bonchev–Trinajstić information content (AvgIpc) is 2.40. The van der Waals surface area contributed by atoms with Crippen LogP contribution in [0.1, 0.15) is 17.5 Å². The number of rotatable bonds is 3. The van der Waals surface area contributed by atoms with E-state index in [9.17, 15) is 4.79 Å². The molecule has 1 heterocycles. The van der Waals surface area contributed by atoms with Gasteiger partial charge in [-0.15, -0.1) is 0 Å². The summed E-state index contributed by atoms with van der Waals surface area (Å²) in [6.07, 6.45) is 0.346. The molecule has 5 heteroatoms. The summed E-state index contributed by atoms with van der Waals surface area (Å²) in [5.74, 6) is -0.106. The molecule has 1 atom stereocenters. The number of carbonyl (C=O) groups excluding carboxylic acids is 1. The third-order valence-corrected chi connectivity index (χ3v) is 3.09. The van der Waals surface area contributed by atoms with Gasteiger partial charge in [-0.05, 0) is 18.6 Å². The second-order valence-electron chi connectivity index (χ2n) is 4.59. The van der Waals surface area contributed by atoms with Gasteiger partial charge in [-0.25, -0.2) is 0 Å². The van der Waals surface area contributed by atoms with Crippen LogP contribution in [0.2, 0.25) is 0 Å². The van der Waals surface area contributed by atoms with Crippen molar-refractivity contribution in [3.63, 3.8) is 0 Å². The Labute approximate surface area is 112 Å². The molecule has 0 saturated carbocycles. The number of benzene rings is 1. The number of aryl methyl sites for hydroxylation is 1. The van der Waals surface area contributed by atoms with Gasteiger partial charge in [0.25, 0.3) is 0 Å². The number of carbonyl (C=O) groups is 1. The normalized spacial score (nSPS) is 18.6. The summed E-state index contributed by atoms with van der Waals surface area (Å²) in [6.45, 7) is 3.86. The Morgan fingerprint density at radius 3 is 3.16 bits per heavy atom. The van der Waals surface area contributed by atoms with Crippen LogP contribution in [0.25, 0.3) is 0 Å². The number of hydrogen-bond acceptors (Lipinski definition) is 4. The zero-order chi connectivity index (χ0) is 13.7. The summed E-state index contributed by atoms with van der Waals surface area (Å²) < 4.78 is 5.30. The molecule has 1 aliphatic heterocycles. The van der Waals surface area contributed by atoms with Gasteiger partial charge in [0.05, 0.1) is 24.5 Å². The van der Waals surface area contributed by atoms with Gasteiger partial charge in [-0.2, -0.15) is 5.26 Å². The molecule has 2 N–H and O–H groups in total. The highest BCUT2D eigenvalue weighted by molar-refractivity contribution is 5.92. The molecule has 1 amide bonds. The molecule has 0 aromatic heterocycles. The first kappa shape index (κ1) is 13.5. The third-order valence-electron chi connectivity index (χ3n) is 3.09. The van der Waals surface area contributed by atoms with Crippen LogP contribution in [0.15, 0.2) is 18.2 Å². The lowest BCUT2D eigenvalue weighted by atomic mass is 10.1. The van der Waals surface area contributed by atoms with E-state index in [-0.39, 0.29) is 11.9 Å². The highest BCUT2D eigenvalue weighted by Gasteiger charge is 2.17. The van der Waals surface area contributed by atoms with Crippen molar-refractivity contribution in [1.29, 1.82) is 5.26 Å². The molecule has 0 bridgehead atoms. The van der Waals surface area contributed by atoms with Crippen LogP contribution in [0, 0.1) is 18.3 Å². The molecule has 1 unspecified atom stereocenters. The van der Waals surface area contributed by atoms with Crippen molar-refractivity contribution in [3.05, 3.63) is 29.3 Å². The summed E-state index contributed by atoms with van der Waals surface area (Å²) in [5.41, 5.74) is 1.95. The number of nitrogens with zero attached hydrogens (tertiary/aromatic N) is 1. The molecule has 5 nitrogen and oxygen atoms in total. The fourth-order valence-electron chi connectivity index (χ4n) is 2.10. The van der Waals surface area contributed by atoms with E-state index < -0.39 is 0 Å². The molecule has 1 saturated heterocycles. The second-order valence-corrected chi connectivity index (χ2v) is 4.59. The van der Waals surface area contributed by atoms with E-state index in [1.54, 1.807) is 6.07 Å². The van der Waals surface area contributed by atoms with E-state index in [1.807, 2.05) is 19.1 Å². The molecule has 100 valence electrons. The smallest absolute Gasteiger partial charge is 0.226 e. The van der Waals surface area contributed by atoms with Crippen molar-refractivity contribution < 1.29 is 9.53 Å². The molecule has 1 aliphatic rings. The van der Waals surface area contributed by atoms with Crippen molar-refractivity contribution in [2.75, 3.05) is 25.1 Å². The summed E-state index contributed by atoms with van der Waals surface area (Å²) >= 11 is 0. The number of anilines is 1. The van der Waals surface area contributed by atoms with Gasteiger partial charge >= 0.3 is 0 Å². The number of hydrogen-bond donors (Lipinski definition) is 2. The van der Waals surface area contributed by atoms with Crippen molar-refractivity contribution in [3.8, 4) is 6.07 Å². The number of morpholine rings is 1. The molecule has 0 aliphatic carbocycles. The van der Waals surface area contributed by atoms with E-state index >= 15 is 0 Å². The minimum absolute atomic E-state index is 0.0455. The van der Waals surface area contributed by atoms with E-state index in [0.717, 1.165) is 12.1 Å². The van der Waals surface area contributed by atoms with Gasteiger partial charge in [0.2, 0.25) is 5.91 Å². The highest BCUT2D eigenvalue weighted by Crippen LogP contribution is 2.18. The molecule has 2 rings (SSSR count). The van der Waals surface area contributed by atoms with Gasteiger partial charge in [0, 0.05) is 19.0 Å². The fourth-order valence-corrected chi connectivity index (χ4v) is 2.10. The van der Waals surface area contributed by atoms with Gasteiger partial charge in [0.15, 0.2) is 0 Å². The maximum atomic E-state index is 11.9. The average molecular weight is 259 g/mol. The van der Waals surface area contributed by atoms with Crippen LogP contribution in [0.4, 0.5) is 5.69 Å².